The van der Waals surface area contributed by atoms with Crippen LogP contribution in [0.4, 0.5) is 5.13 Å². The normalized spacial score (nSPS) is 10.8. The molecule has 0 atom stereocenters. The van der Waals surface area contributed by atoms with E-state index in [0.29, 0.717) is 17.2 Å². The van der Waals surface area contributed by atoms with Crippen molar-refractivity contribution >= 4 is 32.6 Å². The minimum absolute atomic E-state index is 0.0599. The Labute approximate surface area is 119 Å². The van der Waals surface area contributed by atoms with Crippen LogP contribution in [-0.4, -0.2) is 22.8 Å². The summed E-state index contributed by atoms with van der Waals surface area (Å²) in [4.78, 5) is 18.1. The van der Waals surface area contributed by atoms with Gasteiger partial charge in [-0.05, 0) is 30.3 Å². The van der Waals surface area contributed by atoms with Crippen LogP contribution in [0.3, 0.4) is 0 Å². The smallest absolute Gasteiger partial charge is 0.254 e. The van der Waals surface area contributed by atoms with E-state index in [1.807, 2.05) is 18.2 Å². The molecule has 102 valence electrons. The number of furan rings is 1. The number of aromatic nitrogens is 1. The van der Waals surface area contributed by atoms with Crippen molar-refractivity contribution in [3.05, 3.63) is 47.9 Å². The van der Waals surface area contributed by atoms with Crippen molar-refractivity contribution in [2.24, 2.45) is 0 Å². The number of nitrogens with two attached hydrogens (primary N) is 1. The molecular formula is C14H13N3O2S. The van der Waals surface area contributed by atoms with Crippen LogP contribution in [0, 0.1) is 0 Å². The van der Waals surface area contributed by atoms with Gasteiger partial charge in [-0.1, -0.05) is 11.3 Å². The monoisotopic (exact) mass is 287 g/mol. The van der Waals surface area contributed by atoms with Crippen molar-refractivity contribution in [2.75, 3.05) is 12.8 Å². The van der Waals surface area contributed by atoms with Crippen LogP contribution >= 0.6 is 11.3 Å². The summed E-state index contributed by atoms with van der Waals surface area (Å²) >= 11 is 1.38. The van der Waals surface area contributed by atoms with Crippen molar-refractivity contribution in [2.45, 2.75) is 6.54 Å². The van der Waals surface area contributed by atoms with Crippen molar-refractivity contribution in [3.8, 4) is 0 Å². The molecule has 0 fully saturated rings. The molecule has 0 aliphatic carbocycles. The first kappa shape index (κ1) is 12.7. The molecule has 2 heterocycles. The SMILES string of the molecule is CN(Cc1ccco1)C(=O)c1ccc2nc(N)sc2c1. The van der Waals surface area contributed by atoms with Gasteiger partial charge in [0.15, 0.2) is 5.13 Å². The van der Waals surface area contributed by atoms with Crippen molar-refractivity contribution in [3.63, 3.8) is 0 Å². The summed E-state index contributed by atoms with van der Waals surface area (Å²) < 4.78 is 6.16. The lowest BCUT2D eigenvalue weighted by Gasteiger charge is -2.15. The fourth-order valence-electron chi connectivity index (χ4n) is 2.00. The van der Waals surface area contributed by atoms with Gasteiger partial charge in [0.2, 0.25) is 0 Å². The first-order valence-electron chi connectivity index (χ1n) is 6.07. The van der Waals surface area contributed by atoms with Gasteiger partial charge in [0.25, 0.3) is 5.91 Å². The Morgan fingerprint density at radius 2 is 2.30 bits per heavy atom. The Morgan fingerprint density at radius 1 is 1.45 bits per heavy atom. The third-order valence-electron chi connectivity index (χ3n) is 2.97. The van der Waals surface area contributed by atoms with Gasteiger partial charge in [0, 0.05) is 12.6 Å². The highest BCUT2D eigenvalue weighted by atomic mass is 32.1. The van der Waals surface area contributed by atoms with Gasteiger partial charge in [0.1, 0.15) is 5.76 Å². The van der Waals surface area contributed by atoms with Crippen molar-refractivity contribution in [1.82, 2.24) is 9.88 Å². The Bertz CT molecular complexity index is 749. The summed E-state index contributed by atoms with van der Waals surface area (Å²) in [7, 11) is 1.75. The van der Waals surface area contributed by atoms with Gasteiger partial charge >= 0.3 is 0 Å². The van der Waals surface area contributed by atoms with E-state index in [1.54, 1.807) is 30.3 Å². The third-order valence-corrected chi connectivity index (χ3v) is 3.82. The molecule has 0 unspecified atom stereocenters. The summed E-state index contributed by atoms with van der Waals surface area (Å²) in [5, 5.41) is 0.508. The van der Waals surface area contributed by atoms with Crippen LogP contribution in [0.15, 0.2) is 41.0 Å². The van der Waals surface area contributed by atoms with Gasteiger partial charge < -0.3 is 15.1 Å². The molecule has 3 rings (SSSR count). The molecule has 5 nitrogen and oxygen atoms in total. The molecule has 0 aliphatic heterocycles. The maximum atomic E-state index is 12.4. The lowest BCUT2D eigenvalue weighted by atomic mass is 10.2. The largest absolute Gasteiger partial charge is 0.467 e. The zero-order valence-corrected chi connectivity index (χ0v) is 11.7. The fraction of sp³-hybridized carbons (Fsp3) is 0.143. The number of anilines is 1. The highest BCUT2D eigenvalue weighted by Crippen LogP contribution is 2.25. The predicted octanol–water partition coefficient (Wildman–Crippen LogP) is 2.74. The Morgan fingerprint density at radius 3 is 3.05 bits per heavy atom. The molecule has 3 aromatic rings. The molecule has 1 aromatic carbocycles. The van der Waals surface area contributed by atoms with Gasteiger partial charge in [-0.25, -0.2) is 4.98 Å². The number of nitrogen functional groups attached to an aromatic ring is 1. The van der Waals surface area contributed by atoms with E-state index in [-0.39, 0.29) is 5.91 Å². The maximum absolute atomic E-state index is 12.4. The second-order valence-corrected chi connectivity index (χ2v) is 5.54. The van der Waals surface area contributed by atoms with E-state index in [1.165, 1.54) is 11.3 Å². The molecule has 0 aliphatic rings. The van der Waals surface area contributed by atoms with E-state index in [4.69, 9.17) is 10.2 Å². The highest BCUT2D eigenvalue weighted by molar-refractivity contribution is 7.22. The predicted molar refractivity (Wildman–Crippen MR) is 78.5 cm³/mol. The summed E-state index contributed by atoms with van der Waals surface area (Å²) in [6.45, 7) is 0.439. The van der Waals surface area contributed by atoms with Gasteiger partial charge in [-0.15, -0.1) is 0 Å². The number of hydrogen-bond acceptors (Lipinski definition) is 5. The number of benzene rings is 1. The number of fused-ring (bicyclic) bond motifs is 1. The van der Waals surface area contributed by atoms with Crippen molar-refractivity contribution in [1.29, 1.82) is 0 Å². The molecule has 6 heteroatoms. The number of thiazole rings is 1. The van der Waals surface area contributed by atoms with E-state index < -0.39 is 0 Å². The Kier molecular flexibility index (Phi) is 3.15. The van der Waals surface area contributed by atoms with E-state index in [0.717, 1.165) is 16.0 Å². The fourth-order valence-corrected chi connectivity index (χ4v) is 2.78. The summed E-state index contributed by atoms with van der Waals surface area (Å²) in [6.07, 6.45) is 1.60. The highest BCUT2D eigenvalue weighted by Gasteiger charge is 2.14. The lowest BCUT2D eigenvalue weighted by molar-refractivity contribution is 0.0775. The molecule has 1 amide bonds. The van der Waals surface area contributed by atoms with Gasteiger partial charge in [-0.3, -0.25) is 4.79 Å². The first-order valence-corrected chi connectivity index (χ1v) is 6.89. The van der Waals surface area contributed by atoms with E-state index in [9.17, 15) is 4.79 Å². The number of hydrogen-bond donors (Lipinski definition) is 1. The Balaban J connectivity index is 1.83. The minimum Gasteiger partial charge on any atom is -0.467 e. The van der Waals surface area contributed by atoms with E-state index >= 15 is 0 Å². The lowest BCUT2D eigenvalue weighted by Crippen LogP contribution is -2.25. The average Bonchev–Trinajstić information content (AvgIpc) is 3.04. The van der Waals surface area contributed by atoms with Gasteiger partial charge in [0.05, 0.1) is 23.0 Å². The second-order valence-electron chi connectivity index (χ2n) is 4.48. The Hall–Kier alpha value is -2.34. The topological polar surface area (TPSA) is 72.4 Å². The molecule has 0 spiro atoms. The zero-order valence-electron chi connectivity index (χ0n) is 10.9. The molecule has 0 saturated heterocycles. The quantitative estimate of drug-likeness (QED) is 0.804. The molecule has 2 aromatic heterocycles. The average molecular weight is 287 g/mol. The summed E-state index contributed by atoms with van der Waals surface area (Å²) in [5.74, 6) is 0.694. The van der Waals surface area contributed by atoms with Gasteiger partial charge in [-0.2, -0.15) is 0 Å². The second kappa shape index (κ2) is 4.97. The van der Waals surface area contributed by atoms with Crippen LogP contribution in [0.1, 0.15) is 16.1 Å². The minimum atomic E-state index is -0.0599. The molecule has 0 radical (unpaired) electrons. The molecule has 20 heavy (non-hydrogen) atoms. The molecule has 0 bridgehead atoms. The van der Waals surface area contributed by atoms with Crippen LogP contribution in [-0.2, 0) is 6.54 Å². The number of amides is 1. The zero-order chi connectivity index (χ0) is 14.1. The maximum Gasteiger partial charge on any atom is 0.254 e. The summed E-state index contributed by atoms with van der Waals surface area (Å²) in [6, 6.07) is 9.06. The first-order chi connectivity index (χ1) is 9.63. The number of rotatable bonds is 3. The molecular weight excluding hydrogens is 274 g/mol. The summed E-state index contributed by atoms with van der Waals surface area (Å²) in [5.41, 5.74) is 7.10. The molecule has 0 saturated carbocycles. The standard InChI is InChI=1S/C14H13N3O2S/c1-17(8-10-3-2-6-19-10)13(18)9-4-5-11-12(7-9)20-14(15)16-11/h2-7H,8H2,1H3,(H2,15,16). The van der Waals surface area contributed by atoms with Crippen LogP contribution in [0.25, 0.3) is 10.2 Å². The third kappa shape index (κ3) is 2.37. The van der Waals surface area contributed by atoms with E-state index in [2.05, 4.69) is 4.98 Å². The van der Waals surface area contributed by atoms with Crippen LogP contribution in [0.5, 0.6) is 0 Å². The number of carbonyl (C=O) groups is 1. The van der Waals surface area contributed by atoms with Crippen molar-refractivity contribution < 1.29 is 9.21 Å². The number of carbonyl (C=O) groups excluding carboxylic acids is 1. The number of nitrogens with zero attached hydrogens (tertiary/aromatic N) is 2. The molecule has 2 N–H and O–H groups in total. The van der Waals surface area contributed by atoms with Crippen LogP contribution in [0.2, 0.25) is 0 Å². The van der Waals surface area contributed by atoms with Crippen LogP contribution < -0.4 is 5.73 Å².